The van der Waals surface area contributed by atoms with Crippen molar-refractivity contribution in [3.63, 3.8) is 0 Å². The van der Waals surface area contributed by atoms with Crippen LogP contribution in [0.15, 0.2) is 152 Å². The Morgan fingerprint density at radius 3 is 2.00 bits per heavy atom. The summed E-state index contributed by atoms with van der Waals surface area (Å²) in [6.45, 7) is 2.04. The van der Waals surface area contributed by atoms with Crippen LogP contribution < -0.4 is 0 Å². The van der Waals surface area contributed by atoms with Gasteiger partial charge in [-0.15, -0.1) is 0 Å². The molecule has 2 nitrogen and oxygen atoms in total. The van der Waals surface area contributed by atoms with Gasteiger partial charge >= 0.3 is 0 Å². The molecule has 0 bridgehead atoms. The van der Waals surface area contributed by atoms with E-state index in [1.165, 1.54) is 76.4 Å². The van der Waals surface area contributed by atoms with E-state index in [0.29, 0.717) is 0 Å². The predicted octanol–water partition coefficient (Wildman–Crippen LogP) is 11.3. The van der Waals surface area contributed by atoms with Gasteiger partial charge in [-0.2, -0.15) is 0 Å². The molecule has 0 saturated heterocycles. The molecular formula is C42H28N2. The minimum Gasteiger partial charge on any atom is -0.309 e. The zero-order chi connectivity index (χ0) is 29.2. The summed E-state index contributed by atoms with van der Waals surface area (Å²) in [4.78, 5) is 4.40. The van der Waals surface area contributed by atoms with Crippen molar-refractivity contribution in [2.45, 2.75) is 6.92 Å². The Labute approximate surface area is 255 Å². The predicted molar refractivity (Wildman–Crippen MR) is 187 cm³/mol. The van der Waals surface area contributed by atoms with Gasteiger partial charge < -0.3 is 4.57 Å². The molecule has 7 aromatic carbocycles. The van der Waals surface area contributed by atoms with Gasteiger partial charge in [-0.05, 0) is 98.6 Å². The van der Waals surface area contributed by atoms with Crippen molar-refractivity contribution < 1.29 is 0 Å². The van der Waals surface area contributed by atoms with Gasteiger partial charge in [0.15, 0.2) is 0 Å². The summed E-state index contributed by atoms with van der Waals surface area (Å²) < 4.78 is 2.45. The Morgan fingerprint density at radius 2 is 1.14 bits per heavy atom. The summed E-state index contributed by atoms with van der Waals surface area (Å²) in [6, 6.07) is 53.3. The first-order valence-corrected chi connectivity index (χ1v) is 15.1. The van der Waals surface area contributed by atoms with E-state index >= 15 is 0 Å². The van der Waals surface area contributed by atoms with E-state index in [1.54, 1.807) is 0 Å². The molecule has 0 aliphatic rings. The van der Waals surface area contributed by atoms with Crippen LogP contribution in [0.3, 0.4) is 0 Å². The number of hydrogen-bond donors (Lipinski definition) is 0. The average Bonchev–Trinajstić information content (AvgIpc) is 3.42. The second-order valence-electron chi connectivity index (χ2n) is 11.7. The maximum absolute atomic E-state index is 4.40. The maximum atomic E-state index is 4.40. The van der Waals surface area contributed by atoms with E-state index in [4.69, 9.17) is 0 Å². The van der Waals surface area contributed by atoms with Gasteiger partial charge in [0.05, 0.1) is 11.0 Å². The summed E-state index contributed by atoms with van der Waals surface area (Å²) in [5, 5.41) is 10.1. The topological polar surface area (TPSA) is 17.8 Å². The number of pyridine rings is 1. The lowest BCUT2D eigenvalue weighted by molar-refractivity contribution is 1.19. The SMILES string of the molecule is Cc1cc(-c2ccc3c(ccc4c5ccc(-c6cc7ccccc7c7ccccc67)cc5n(-c5ccccc5)c34)c2)ccn1. The molecule has 44 heavy (non-hydrogen) atoms. The molecule has 9 aromatic rings. The van der Waals surface area contributed by atoms with Crippen LogP contribution in [0.5, 0.6) is 0 Å². The number of rotatable bonds is 3. The summed E-state index contributed by atoms with van der Waals surface area (Å²) in [7, 11) is 0. The normalized spacial score (nSPS) is 11.8. The van der Waals surface area contributed by atoms with Crippen LogP contribution in [0.1, 0.15) is 5.69 Å². The summed E-state index contributed by atoms with van der Waals surface area (Å²) in [5.74, 6) is 0. The van der Waals surface area contributed by atoms with E-state index in [9.17, 15) is 0 Å². The smallest absolute Gasteiger partial charge is 0.0619 e. The number of aromatic nitrogens is 2. The van der Waals surface area contributed by atoms with Crippen LogP contribution in [0.2, 0.25) is 0 Å². The Balaban J connectivity index is 1.35. The minimum absolute atomic E-state index is 1.03. The molecule has 0 aliphatic carbocycles. The highest BCUT2D eigenvalue weighted by Gasteiger charge is 2.17. The van der Waals surface area contributed by atoms with Gasteiger partial charge in [-0.3, -0.25) is 4.98 Å². The fourth-order valence-electron chi connectivity index (χ4n) is 7.05. The van der Waals surface area contributed by atoms with E-state index in [2.05, 4.69) is 155 Å². The first-order chi connectivity index (χ1) is 21.7. The van der Waals surface area contributed by atoms with E-state index in [0.717, 1.165) is 11.4 Å². The van der Waals surface area contributed by atoms with Crippen molar-refractivity contribution in [2.75, 3.05) is 0 Å². The van der Waals surface area contributed by atoms with Crippen LogP contribution in [0, 0.1) is 6.92 Å². The van der Waals surface area contributed by atoms with Gasteiger partial charge in [-0.25, -0.2) is 0 Å². The average molecular weight is 561 g/mol. The molecular weight excluding hydrogens is 532 g/mol. The minimum atomic E-state index is 1.03. The van der Waals surface area contributed by atoms with Crippen LogP contribution in [-0.4, -0.2) is 9.55 Å². The first-order valence-electron chi connectivity index (χ1n) is 15.1. The number of nitrogens with zero attached hydrogens (tertiary/aromatic N) is 2. The third-order valence-corrected chi connectivity index (χ3v) is 9.07. The highest BCUT2D eigenvalue weighted by atomic mass is 15.0. The van der Waals surface area contributed by atoms with E-state index < -0.39 is 0 Å². The molecule has 206 valence electrons. The van der Waals surface area contributed by atoms with Crippen molar-refractivity contribution >= 4 is 54.1 Å². The number of hydrogen-bond acceptors (Lipinski definition) is 1. The molecule has 0 unspecified atom stereocenters. The molecule has 0 radical (unpaired) electrons. The van der Waals surface area contributed by atoms with Crippen molar-refractivity contribution in [2.24, 2.45) is 0 Å². The van der Waals surface area contributed by atoms with Gasteiger partial charge in [0.2, 0.25) is 0 Å². The number of para-hydroxylation sites is 1. The van der Waals surface area contributed by atoms with Crippen molar-refractivity contribution in [1.82, 2.24) is 9.55 Å². The molecule has 0 fully saturated rings. The molecule has 0 saturated carbocycles. The molecule has 2 aromatic heterocycles. The highest BCUT2D eigenvalue weighted by molar-refractivity contribution is 6.20. The van der Waals surface area contributed by atoms with Crippen molar-refractivity contribution in [1.29, 1.82) is 0 Å². The second-order valence-corrected chi connectivity index (χ2v) is 11.7. The van der Waals surface area contributed by atoms with Crippen LogP contribution in [0.4, 0.5) is 0 Å². The monoisotopic (exact) mass is 560 g/mol. The van der Waals surface area contributed by atoms with Crippen LogP contribution in [0.25, 0.3) is 82.1 Å². The quantitative estimate of drug-likeness (QED) is 0.197. The molecule has 0 aliphatic heterocycles. The Kier molecular flexibility index (Phi) is 5.45. The van der Waals surface area contributed by atoms with E-state index in [1.807, 2.05) is 13.1 Å². The van der Waals surface area contributed by atoms with Crippen molar-refractivity contribution in [3.8, 4) is 27.9 Å². The molecule has 9 rings (SSSR count). The molecule has 2 heterocycles. The number of aryl methyl sites for hydroxylation is 1. The molecule has 0 N–H and O–H groups in total. The number of fused-ring (bicyclic) bond motifs is 8. The summed E-state index contributed by atoms with van der Waals surface area (Å²) in [6.07, 6.45) is 1.89. The zero-order valence-corrected chi connectivity index (χ0v) is 24.3. The standard InChI is InChI=1S/C42H28N2/c1-27-23-29(21-22-43-27)28-15-18-35-31(24-28)17-20-39-38-19-16-32(26-41(38)44(42(35)39)33-10-3-2-4-11-33)40-25-30-9-5-6-12-34(30)36-13-7-8-14-37(36)40/h2-26H,1H3. The molecule has 0 atom stereocenters. The Hall–Kier alpha value is -5.73. The fraction of sp³-hybridized carbons (Fsp3) is 0.0238. The van der Waals surface area contributed by atoms with Crippen LogP contribution in [-0.2, 0) is 0 Å². The molecule has 0 spiro atoms. The second kappa shape index (κ2) is 9.65. The highest BCUT2D eigenvalue weighted by Crippen LogP contribution is 2.41. The first kappa shape index (κ1) is 24.8. The number of benzene rings is 7. The van der Waals surface area contributed by atoms with Crippen molar-refractivity contribution in [3.05, 3.63) is 157 Å². The summed E-state index contributed by atoms with van der Waals surface area (Å²) >= 11 is 0. The van der Waals surface area contributed by atoms with Gasteiger partial charge in [0.25, 0.3) is 0 Å². The Bertz CT molecular complexity index is 2560. The third kappa shape index (κ3) is 3.78. The zero-order valence-electron chi connectivity index (χ0n) is 24.3. The van der Waals surface area contributed by atoms with Gasteiger partial charge in [-0.1, -0.05) is 103 Å². The lowest BCUT2D eigenvalue weighted by Crippen LogP contribution is -1.94. The summed E-state index contributed by atoms with van der Waals surface area (Å²) in [5.41, 5.74) is 9.51. The maximum Gasteiger partial charge on any atom is 0.0619 e. The largest absolute Gasteiger partial charge is 0.309 e. The lowest BCUT2D eigenvalue weighted by Gasteiger charge is -2.13. The van der Waals surface area contributed by atoms with Gasteiger partial charge in [0.1, 0.15) is 0 Å². The van der Waals surface area contributed by atoms with Crippen LogP contribution >= 0.6 is 0 Å². The van der Waals surface area contributed by atoms with E-state index in [-0.39, 0.29) is 0 Å². The van der Waals surface area contributed by atoms with Gasteiger partial charge in [0, 0.05) is 33.7 Å². The molecule has 2 heteroatoms. The molecule has 0 amide bonds. The Morgan fingerprint density at radius 1 is 0.455 bits per heavy atom. The fourth-order valence-corrected chi connectivity index (χ4v) is 7.05. The third-order valence-electron chi connectivity index (χ3n) is 9.07. The lowest BCUT2D eigenvalue weighted by atomic mass is 9.93.